The van der Waals surface area contributed by atoms with Crippen molar-refractivity contribution >= 4 is 12.2 Å². The third-order valence-corrected chi connectivity index (χ3v) is 5.89. The minimum Gasteiger partial charge on any atom is -0.345 e. The lowest BCUT2D eigenvalue weighted by atomic mass is 9.78. The van der Waals surface area contributed by atoms with E-state index in [2.05, 4.69) is 10.6 Å². The molecule has 0 spiro atoms. The normalized spacial score (nSPS) is 35.0. The van der Waals surface area contributed by atoms with Crippen molar-refractivity contribution in [2.75, 3.05) is 6.54 Å². The molecule has 4 heteroatoms. The summed E-state index contributed by atoms with van der Waals surface area (Å²) in [5, 5.41) is 6.44. The van der Waals surface area contributed by atoms with Crippen molar-refractivity contribution in [3.8, 4) is 0 Å². The van der Waals surface area contributed by atoms with Crippen LogP contribution in [-0.2, 0) is 9.59 Å². The van der Waals surface area contributed by atoms with Gasteiger partial charge in [-0.3, -0.25) is 4.79 Å². The van der Waals surface area contributed by atoms with Crippen molar-refractivity contribution < 1.29 is 9.59 Å². The Balaban J connectivity index is 1.58. The summed E-state index contributed by atoms with van der Waals surface area (Å²) in [5.74, 6) is 1.56. The van der Waals surface area contributed by atoms with E-state index in [0.717, 1.165) is 32.1 Å². The number of rotatable bonds is 4. The maximum Gasteiger partial charge on any atom is 0.238 e. The van der Waals surface area contributed by atoms with Gasteiger partial charge >= 0.3 is 0 Å². The van der Waals surface area contributed by atoms with Crippen LogP contribution in [0.1, 0.15) is 57.8 Å². The summed E-state index contributed by atoms with van der Waals surface area (Å²) in [4.78, 5) is 24.0. The molecule has 3 fully saturated rings. The van der Waals surface area contributed by atoms with E-state index in [4.69, 9.17) is 0 Å². The first-order valence-electron chi connectivity index (χ1n) is 8.78. The van der Waals surface area contributed by atoms with E-state index in [1.807, 2.05) is 0 Å². The lowest BCUT2D eigenvalue weighted by Crippen LogP contribution is -2.51. The van der Waals surface area contributed by atoms with Gasteiger partial charge in [0.25, 0.3) is 0 Å². The molecule has 2 N–H and O–H groups in total. The predicted molar refractivity (Wildman–Crippen MR) is 81.8 cm³/mol. The molecular weight excluding hydrogens is 264 g/mol. The van der Waals surface area contributed by atoms with Crippen LogP contribution >= 0.6 is 0 Å². The number of carbonyl (C=O) groups is 2. The first-order valence-corrected chi connectivity index (χ1v) is 8.78. The fourth-order valence-corrected chi connectivity index (χ4v) is 4.66. The number of hydrogen-bond acceptors (Lipinski definition) is 3. The Hall–Kier alpha value is -0.900. The van der Waals surface area contributed by atoms with Crippen LogP contribution in [0, 0.1) is 17.8 Å². The first-order chi connectivity index (χ1) is 10.3. The Morgan fingerprint density at radius 3 is 2.52 bits per heavy atom. The number of carbonyl (C=O) groups excluding carboxylic acids is 2. The third kappa shape index (κ3) is 3.31. The molecule has 1 aliphatic heterocycles. The average molecular weight is 292 g/mol. The molecule has 1 heterocycles. The molecule has 118 valence electrons. The van der Waals surface area contributed by atoms with Gasteiger partial charge in [-0.15, -0.1) is 0 Å². The quantitative estimate of drug-likeness (QED) is 0.780. The Morgan fingerprint density at radius 1 is 1.05 bits per heavy atom. The summed E-state index contributed by atoms with van der Waals surface area (Å²) in [5.41, 5.74) is 0. The number of fused-ring (bicyclic) bond motifs is 1. The summed E-state index contributed by atoms with van der Waals surface area (Å²) < 4.78 is 0. The standard InChI is InChI=1S/C17H28N2O2/c20-11-15(12-6-2-1-3-7-12)19-17(21)16-14-9-5-4-8-13(14)10-18-16/h11-16,18H,1-10H2,(H,19,21)/t13?,14?,15?,16-/m0/s1. The molecule has 4 atom stereocenters. The SMILES string of the molecule is O=CC(NC(=O)[C@H]1NCC2CCCCC21)C1CCCCC1. The van der Waals surface area contributed by atoms with Gasteiger partial charge in [-0.05, 0) is 50.0 Å². The molecular formula is C17H28N2O2. The second kappa shape index (κ2) is 6.91. The molecule has 3 rings (SSSR count). The van der Waals surface area contributed by atoms with E-state index in [-0.39, 0.29) is 18.0 Å². The highest BCUT2D eigenvalue weighted by molar-refractivity contribution is 5.85. The van der Waals surface area contributed by atoms with Crippen LogP contribution in [0.25, 0.3) is 0 Å². The lowest BCUT2D eigenvalue weighted by molar-refractivity contribution is -0.127. The first kappa shape index (κ1) is 15.0. The van der Waals surface area contributed by atoms with Gasteiger partial charge in [-0.2, -0.15) is 0 Å². The highest BCUT2D eigenvalue weighted by Crippen LogP contribution is 2.36. The summed E-state index contributed by atoms with van der Waals surface area (Å²) >= 11 is 0. The molecule has 0 radical (unpaired) electrons. The molecule has 0 aromatic carbocycles. The van der Waals surface area contributed by atoms with Crippen LogP contribution in [0.15, 0.2) is 0 Å². The summed E-state index contributed by atoms with van der Waals surface area (Å²) in [7, 11) is 0. The van der Waals surface area contributed by atoms with Gasteiger partial charge < -0.3 is 15.4 Å². The van der Waals surface area contributed by atoms with Crippen molar-refractivity contribution in [2.45, 2.75) is 69.9 Å². The van der Waals surface area contributed by atoms with E-state index in [1.54, 1.807) is 0 Å². The van der Waals surface area contributed by atoms with Gasteiger partial charge in [0.05, 0.1) is 12.1 Å². The molecule has 2 saturated carbocycles. The zero-order valence-corrected chi connectivity index (χ0v) is 12.9. The smallest absolute Gasteiger partial charge is 0.238 e. The van der Waals surface area contributed by atoms with Crippen LogP contribution in [0.4, 0.5) is 0 Å². The maximum atomic E-state index is 12.6. The zero-order chi connectivity index (χ0) is 14.7. The fraction of sp³-hybridized carbons (Fsp3) is 0.882. The topological polar surface area (TPSA) is 58.2 Å². The molecule has 1 amide bonds. The fourth-order valence-electron chi connectivity index (χ4n) is 4.66. The predicted octanol–water partition coefficient (Wildman–Crippen LogP) is 2.03. The summed E-state index contributed by atoms with van der Waals surface area (Å²) in [6.45, 7) is 0.970. The van der Waals surface area contributed by atoms with Crippen molar-refractivity contribution in [1.82, 2.24) is 10.6 Å². The van der Waals surface area contributed by atoms with Crippen molar-refractivity contribution in [3.63, 3.8) is 0 Å². The van der Waals surface area contributed by atoms with E-state index >= 15 is 0 Å². The van der Waals surface area contributed by atoms with Gasteiger partial charge in [0, 0.05) is 0 Å². The Morgan fingerprint density at radius 2 is 1.76 bits per heavy atom. The average Bonchev–Trinajstić information content (AvgIpc) is 2.97. The van der Waals surface area contributed by atoms with Crippen molar-refractivity contribution in [2.24, 2.45) is 17.8 Å². The van der Waals surface area contributed by atoms with E-state index in [9.17, 15) is 9.59 Å². The molecule has 0 aromatic rings. The van der Waals surface area contributed by atoms with Crippen LogP contribution in [0.2, 0.25) is 0 Å². The van der Waals surface area contributed by atoms with Crippen LogP contribution in [-0.4, -0.2) is 30.8 Å². The summed E-state index contributed by atoms with van der Waals surface area (Å²) in [6.07, 6.45) is 11.7. The van der Waals surface area contributed by atoms with Crippen LogP contribution < -0.4 is 10.6 Å². The van der Waals surface area contributed by atoms with E-state index < -0.39 is 0 Å². The minimum absolute atomic E-state index is 0.0621. The Kier molecular flexibility index (Phi) is 4.94. The largest absolute Gasteiger partial charge is 0.345 e. The van der Waals surface area contributed by atoms with Gasteiger partial charge in [-0.25, -0.2) is 0 Å². The van der Waals surface area contributed by atoms with Crippen LogP contribution in [0.5, 0.6) is 0 Å². The molecule has 0 aromatic heterocycles. The van der Waals surface area contributed by atoms with E-state index in [0.29, 0.717) is 17.8 Å². The third-order valence-electron chi connectivity index (χ3n) is 5.89. The molecule has 0 bridgehead atoms. The second-order valence-corrected chi connectivity index (χ2v) is 7.16. The Labute approximate surface area is 127 Å². The van der Waals surface area contributed by atoms with Crippen molar-refractivity contribution in [3.05, 3.63) is 0 Å². The summed E-state index contributed by atoms with van der Waals surface area (Å²) in [6, 6.07) is -0.344. The minimum atomic E-state index is -0.276. The van der Waals surface area contributed by atoms with Gasteiger partial charge in [-0.1, -0.05) is 32.1 Å². The highest BCUT2D eigenvalue weighted by atomic mass is 16.2. The maximum absolute atomic E-state index is 12.6. The number of amides is 1. The van der Waals surface area contributed by atoms with Crippen molar-refractivity contribution in [1.29, 1.82) is 0 Å². The lowest BCUT2D eigenvalue weighted by Gasteiger charge is -2.31. The molecule has 1 saturated heterocycles. The zero-order valence-electron chi connectivity index (χ0n) is 12.9. The molecule has 4 nitrogen and oxygen atoms in total. The number of aldehydes is 1. The second-order valence-electron chi connectivity index (χ2n) is 7.16. The van der Waals surface area contributed by atoms with Gasteiger partial charge in [0.2, 0.25) is 5.91 Å². The monoisotopic (exact) mass is 292 g/mol. The van der Waals surface area contributed by atoms with E-state index in [1.165, 1.54) is 38.5 Å². The van der Waals surface area contributed by atoms with Gasteiger partial charge in [0.1, 0.15) is 6.29 Å². The van der Waals surface area contributed by atoms with Gasteiger partial charge in [0.15, 0.2) is 0 Å². The Bertz CT molecular complexity index is 379. The molecule has 2 aliphatic carbocycles. The van der Waals surface area contributed by atoms with Crippen LogP contribution in [0.3, 0.4) is 0 Å². The highest BCUT2D eigenvalue weighted by Gasteiger charge is 2.41. The molecule has 21 heavy (non-hydrogen) atoms. The molecule has 3 unspecified atom stereocenters. The number of hydrogen-bond donors (Lipinski definition) is 2. The number of nitrogens with one attached hydrogen (secondary N) is 2. The molecule has 3 aliphatic rings.